The highest BCUT2D eigenvalue weighted by atomic mass is 19.1. The Morgan fingerprint density at radius 1 is 1.19 bits per heavy atom. The van der Waals surface area contributed by atoms with E-state index in [2.05, 4.69) is 0 Å². The molecule has 0 saturated carbocycles. The summed E-state index contributed by atoms with van der Waals surface area (Å²) in [6.45, 7) is 2.64. The van der Waals surface area contributed by atoms with Gasteiger partial charge in [-0.1, -0.05) is 6.42 Å². The molecule has 1 aromatic rings. The molecule has 0 fully saturated rings. The summed E-state index contributed by atoms with van der Waals surface area (Å²) in [5.41, 5.74) is 0.609. The van der Waals surface area contributed by atoms with Gasteiger partial charge in [-0.25, -0.2) is 4.39 Å². The second kappa shape index (κ2) is 7.23. The minimum absolute atomic E-state index is 0.199. The van der Waals surface area contributed by atoms with Crippen LogP contribution in [0.4, 0.5) is 4.39 Å². The van der Waals surface area contributed by atoms with Crippen LogP contribution in [0, 0.1) is 12.7 Å². The SMILES string of the molecule is Cc1cc(OCCCCCCO)ccc1F. The predicted octanol–water partition coefficient (Wildman–Crippen LogP) is 3.07. The van der Waals surface area contributed by atoms with Crippen LogP contribution in [-0.2, 0) is 0 Å². The molecule has 1 rings (SSSR count). The average Bonchev–Trinajstić information content (AvgIpc) is 2.28. The monoisotopic (exact) mass is 226 g/mol. The molecule has 0 amide bonds. The molecule has 0 aromatic heterocycles. The molecule has 0 unspecified atom stereocenters. The van der Waals surface area contributed by atoms with Gasteiger partial charge in [0.1, 0.15) is 11.6 Å². The summed E-state index contributed by atoms with van der Waals surface area (Å²) in [5.74, 6) is 0.524. The van der Waals surface area contributed by atoms with E-state index in [-0.39, 0.29) is 12.4 Å². The summed E-state index contributed by atoms with van der Waals surface area (Å²) < 4.78 is 18.4. The Balaban J connectivity index is 2.19. The molecule has 0 aliphatic heterocycles. The lowest BCUT2D eigenvalue weighted by Gasteiger charge is -2.07. The molecule has 0 radical (unpaired) electrons. The van der Waals surface area contributed by atoms with Crippen molar-refractivity contribution in [2.75, 3.05) is 13.2 Å². The zero-order chi connectivity index (χ0) is 11.8. The van der Waals surface area contributed by atoms with Gasteiger partial charge >= 0.3 is 0 Å². The van der Waals surface area contributed by atoms with Crippen LogP contribution in [0.5, 0.6) is 5.75 Å². The van der Waals surface area contributed by atoms with Gasteiger partial charge in [0.2, 0.25) is 0 Å². The lowest BCUT2D eigenvalue weighted by molar-refractivity contribution is 0.273. The van der Waals surface area contributed by atoms with E-state index >= 15 is 0 Å². The van der Waals surface area contributed by atoms with Crippen molar-refractivity contribution in [3.05, 3.63) is 29.6 Å². The smallest absolute Gasteiger partial charge is 0.126 e. The first-order valence-electron chi connectivity index (χ1n) is 5.74. The molecule has 0 atom stereocenters. The molecule has 0 aliphatic carbocycles. The Morgan fingerprint density at radius 2 is 1.94 bits per heavy atom. The molecule has 90 valence electrons. The van der Waals surface area contributed by atoms with E-state index in [1.165, 1.54) is 6.07 Å². The fourth-order valence-corrected chi connectivity index (χ4v) is 1.46. The van der Waals surface area contributed by atoms with Crippen molar-refractivity contribution in [1.29, 1.82) is 0 Å². The van der Waals surface area contributed by atoms with Gasteiger partial charge in [-0.2, -0.15) is 0 Å². The van der Waals surface area contributed by atoms with Crippen molar-refractivity contribution in [3.63, 3.8) is 0 Å². The van der Waals surface area contributed by atoms with Crippen molar-refractivity contribution in [1.82, 2.24) is 0 Å². The highest BCUT2D eigenvalue weighted by Gasteiger charge is 1.99. The molecule has 2 nitrogen and oxygen atoms in total. The lowest BCUT2D eigenvalue weighted by atomic mass is 10.2. The maximum Gasteiger partial charge on any atom is 0.126 e. The maximum atomic E-state index is 12.9. The molecule has 0 spiro atoms. The van der Waals surface area contributed by atoms with Crippen LogP contribution in [-0.4, -0.2) is 18.3 Å². The maximum absolute atomic E-state index is 12.9. The molecule has 3 heteroatoms. The molecular formula is C13H19FO2. The second-order valence-electron chi connectivity index (χ2n) is 3.90. The third-order valence-corrected chi connectivity index (χ3v) is 2.45. The van der Waals surface area contributed by atoms with Crippen LogP contribution in [0.2, 0.25) is 0 Å². The zero-order valence-corrected chi connectivity index (χ0v) is 9.71. The summed E-state index contributed by atoms with van der Waals surface area (Å²) in [7, 11) is 0. The van der Waals surface area contributed by atoms with Gasteiger partial charge in [-0.3, -0.25) is 0 Å². The summed E-state index contributed by atoms with van der Waals surface area (Å²) in [5, 5.41) is 8.59. The van der Waals surface area contributed by atoms with Crippen LogP contribution in [0.1, 0.15) is 31.2 Å². The standard InChI is InChI=1S/C13H19FO2/c1-11-10-12(6-7-13(11)14)16-9-5-3-2-4-8-15/h6-7,10,15H,2-5,8-9H2,1H3. The molecular weight excluding hydrogens is 207 g/mol. The first-order valence-corrected chi connectivity index (χ1v) is 5.74. The topological polar surface area (TPSA) is 29.5 Å². The van der Waals surface area contributed by atoms with E-state index in [9.17, 15) is 4.39 Å². The summed E-state index contributed by atoms with van der Waals surface area (Å²) in [4.78, 5) is 0. The number of rotatable bonds is 7. The number of aryl methyl sites for hydroxylation is 1. The third kappa shape index (κ3) is 4.62. The molecule has 0 saturated heterocycles. The molecule has 16 heavy (non-hydrogen) atoms. The minimum Gasteiger partial charge on any atom is -0.494 e. The van der Waals surface area contributed by atoms with E-state index in [0.29, 0.717) is 12.2 Å². The van der Waals surface area contributed by atoms with Crippen LogP contribution in [0.3, 0.4) is 0 Å². The number of aliphatic hydroxyl groups excluding tert-OH is 1. The van der Waals surface area contributed by atoms with E-state index in [1.807, 2.05) is 0 Å². The number of aliphatic hydroxyl groups is 1. The number of halogens is 1. The van der Waals surface area contributed by atoms with Gasteiger partial charge in [0.15, 0.2) is 0 Å². The van der Waals surface area contributed by atoms with Crippen LogP contribution >= 0.6 is 0 Å². The van der Waals surface area contributed by atoms with Gasteiger partial charge in [-0.05, 0) is 49.9 Å². The van der Waals surface area contributed by atoms with Crippen molar-refractivity contribution >= 4 is 0 Å². The Hall–Kier alpha value is -1.09. The number of ether oxygens (including phenoxy) is 1. The van der Waals surface area contributed by atoms with E-state index in [0.717, 1.165) is 31.4 Å². The number of unbranched alkanes of at least 4 members (excludes halogenated alkanes) is 3. The van der Waals surface area contributed by atoms with Gasteiger partial charge in [0.25, 0.3) is 0 Å². The Morgan fingerprint density at radius 3 is 2.62 bits per heavy atom. The van der Waals surface area contributed by atoms with Crippen LogP contribution in [0.25, 0.3) is 0 Å². The highest BCUT2D eigenvalue weighted by molar-refractivity contribution is 5.28. The van der Waals surface area contributed by atoms with Gasteiger partial charge < -0.3 is 9.84 Å². The van der Waals surface area contributed by atoms with Gasteiger partial charge in [0.05, 0.1) is 6.61 Å². The van der Waals surface area contributed by atoms with Crippen molar-refractivity contribution < 1.29 is 14.2 Å². The minimum atomic E-state index is -0.199. The van der Waals surface area contributed by atoms with Crippen LogP contribution in [0.15, 0.2) is 18.2 Å². The highest BCUT2D eigenvalue weighted by Crippen LogP contribution is 2.16. The fourth-order valence-electron chi connectivity index (χ4n) is 1.46. The van der Waals surface area contributed by atoms with E-state index in [4.69, 9.17) is 9.84 Å². The second-order valence-corrected chi connectivity index (χ2v) is 3.90. The Bertz CT molecular complexity index is 313. The zero-order valence-electron chi connectivity index (χ0n) is 9.71. The summed E-state index contributed by atoms with van der Waals surface area (Å²) >= 11 is 0. The quantitative estimate of drug-likeness (QED) is 0.724. The normalized spacial score (nSPS) is 10.4. The lowest BCUT2D eigenvalue weighted by Crippen LogP contribution is -1.98. The molecule has 1 N–H and O–H groups in total. The van der Waals surface area contributed by atoms with Crippen molar-refractivity contribution in [2.45, 2.75) is 32.6 Å². The van der Waals surface area contributed by atoms with E-state index in [1.54, 1.807) is 19.1 Å². The molecule has 1 aromatic carbocycles. The van der Waals surface area contributed by atoms with Crippen molar-refractivity contribution in [3.8, 4) is 5.75 Å². The van der Waals surface area contributed by atoms with Gasteiger partial charge in [-0.15, -0.1) is 0 Å². The number of benzene rings is 1. The van der Waals surface area contributed by atoms with E-state index < -0.39 is 0 Å². The average molecular weight is 226 g/mol. The Kier molecular flexibility index (Phi) is 5.86. The third-order valence-electron chi connectivity index (χ3n) is 2.45. The molecule has 0 aliphatic rings. The number of hydrogen-bond donors (Lipinski definition) is 1. The summed E-state index contributed by atoms with van der Waals surface area (Å²) in [6.07, 6.45) is 3.91. The molecule has 0 heterocycles. The number of hydrogen-bond acceptors (Lipinski definition) is 2. The largest absolute Gasteiger partial charge is 0.494 e. The van der Waals surface area contributed by atoms with Crippen LogP contribution < -0.4 is 4.74 Å². The van der Waals surface area contributed by atoms with Crippen molar-refractivity contribution in [2.24, 2.45) is 0 Å². The Labute approximate surface area is 96.1 Å². The summed E-state index contributed by atoms with van der Waals surface area (Å²) in [6, 6.07) is 4.79. The van der Waals surface area contributed by atoms with Gasteiger partial charge in [0, 0.05) is 6.61 Å². The molecule has 0 bridgehead atoms. The predicted molar refractivity (Wildman–Crippen MR) is 62.2 cm³/mol. The first-order chi connectivity index (χ1) is 7.74. The first kappa shape index (κ1) is 13.0. The fraction of sp³-hybridized carbons (Fsp3) is 0.538.